The average Bonchev–Trinajstić information content (AvgIpc) is 2.44. The first-order chi connectivity index (χ1) is 11.2. The van der Waals surface area contributed by atoms with Crippen LogP contribution in [0.4, 0.5) is 0 Å². The number of aliphatic carboxylic acids is 1. The van der Waals surface area contributed by atoms with Gasteiger partial charge in [-0.2, -0.15) is 0 Å². The smallest absolute Gasteiger partial charge is 0.336 e. The lowest BCUT2D eigenvalue weighted by molar-refractivity contribution is -0.167. The first-order valence-electron chi connectivity index (χ1n) is 9.00. The molecule has 0 radical (unpaired) electrons. The molecule has 0 spiro atoms. The number of allylic oxidation sites excluding steroid dienone is 2. The standard InChI is InChI=1S/C21H38O3Si/c1-11-15-21(18(22)23,24-25(9,10)19(5,6)7)20(8,12-2)16-13-14-17(3)4/h11-12,14H,1-2,13,15-16H2,3-10H3,(H,22,23)/t20-,21+/m0/s1. The molecule has 2 atom stereocenters. The zero-order valence-electron chi connectivity index (χ0n) is 17.5. The number of hydrogen-bond acceptors (Lipinski definition) is 2. The summed E-state index contributed by atoms with van der Waals surface area (Å²) in [6.45, 7) is 24.4. The van der Waals surface area contributed by atoms with Crippen LogP contribution < -0.4 is 0 Å². The van der Waals surface area contributed by atoms with E-state index in [0.29, 0.717) is 6.42 Å². The van der Waals surface area contributed by atoms with Gasteiger partial charge in [-0.3, -0.25) is 0 Å². The lowest BCUT2D eigenvalue weighted by Crippen LogP contribution is -2.60. The van der Waals surface area contributed by atoms with E-state index in [-0.39, 0.29) is 11.5 Å². The number of rotatable bonds is 10. The molecule has 4 heteroatoms. The Balaban J connectivity index is 6.18. The van der Waals surface area contributed by atoms with E-state index in [0.717, 1.165) is 6.42 Å². The quantitative estimate of drug-likeness (QED) is 0.362. The highest BCUT2D eigenvalue weighted by Gasteiger charge is 2.56. The summed E-state index contributed by atoms with van der Waals surface area (Å²) < 4.78 is 6.58. The fourth-order valence-corrected chi connectivity index (χ4v) is 4.27. The minimum atomic E-state index is -2.32. The van der Waals surface area contributed by atoms with E-state index in [4.69, 9.17) is 4.43 Å². The Kier molecular flexibility index (Phi) is 8.11. The van der Waals surface area contributed by atoms with Gasteiger partial charge in [-0.1, -0.05) is 51.5 Å². The fourth-order valence-electron chi connectivity index (χ4n) is 2.69. The summed E-state index contributed by atoms with van der Waals surface area (Å²) >= 11 is 0. The summed E-state index contributed by atoms with van der Waals surface area (Å²) in [6.07, 6.45) is 7.26. The average molecular weight is 367 g/mol. The van der Waals surface area contributed by atoms with Crippen LogP contribution in [0.1, 0.15) is 60.8 Å². The Labute approximate surface area is 156 Å². The maximum atomic E-state index is 12.5. The normalized spacial score (nSPS) is 17.1. The minimum Gasteiger partial charge on any atom is -0.479 e. The minimum absolute atomic E-state index is 0.0864. The van der Waals surface area contributed by atoms with Gasteiger partial charge in [-0.25, -0.2) is 4.79 Å². The van der Waals surface area contributed by atoms with E-state index in [2.05, 4.69) is 53.1 Å². The van der Waals surface area contributed by atoms with Crippen molar-refractivity contribution < 1.29 is 14.3 Å². The molecule has 0 fully saturated rings. The van der Waals surface area contributed by atoms with Crippen LogP contribution in [0, 0.1) is 5.41 Å². The molecule has 0 aliphatic heterocycles. The zero-order chi connectivity index (χ0) is 20.1. The predicted molar refractivity (Wildman–Crippen MR) is 110 cm³/mol. The van der Waals surface area contributed by atoms with Crippen LogP contribution in [0.15, 0.2) is 37.0 Å². The Morgan fingerprint density at radius 1 is 1.16 bits per heavy atom. The van der Waals surface area contributed by atoms with E-state index >= 15 is 0 Å². The summed E-state index contributed by atoms with van der Waals surface area (Å²) in [5.41, 5.74) is -0.829. The van der Waals surface area contributed by atoms with Gasteiger partial charge >= 0.3 is 5.97 Å². The van der Waals surface area contributed by atoms with E-state index in [9.17, 15) is 9.90 Å². The summed E-state index contributed by atoms with van der Waals surface area (Å²) in [5.74, 6) is -0.933. The van der Waals surface area contributed by atoms with Gasteiger partial charge in [0.2, 0.25) is 0 Å². The van der Waals surface area contributed by atoms with Crippen LogP contribution >= 0.6 is 0 Å². The van der Waals surface area contributed by atoms with Gasteiger partial charge in [0.05, 0.1) is 0 Å². The number of carboxylic acids is 1. The van der Waals surface area contributed by atoms with Crippen molar-refractivity contribution in [3.63, 3.8) is 0 Å². The Morgan fingerprint density at radius 2 is 1.68 bits per heavy atom. The highest BCUT2D eigenvalue weighted by molar-refractivity contribution is 6.74. The second-order valence-corrected chi connectivity index (χ2v) is 13.7. The number of hydrogen-bond donors (Lipinski definition) is 1. The van der Waals surface area contributed by atoms with Crippen LogP contribution in [0.25, 0.3) is 0 Å². The molecule has 0 unspecified atom stereocenters. The Morgan fingerprint density at radius 3 is 2.00 bits per heavy atom. The van der Waals surface area contributed by atoms with Gasteiger partial charge in [0.15, 0.2) is 13.9 Å². The molecule has 0 rings (SSSR count). The number of carboxylic acid groups (broad SMARTS) is 1. The molecule has 0 aliphatic rings. The van der Waals surface area contributed by atoms with E-state index in [1.165, 1.54) is 5.57 Å². The van der Waals surface area contributed by atoms with Crippen molar-refractivity contribution in [3.05, 3.63) is 37.0 Å². The monoisotopic (exact) mass is 366 g/mol. The molecule has 25 heavy (non-hydrogen) atoms. The molecule has 0 heterocycles. The molecule has 3 nitrogen and oxygen atoms in total. The van der Waals surface area contributed by atoms with Crippen molar-refractivity contribution in [2.45, 2.75) is 84.5 Å². The largest absolute Gasteiger partial charge is 0.479 e. The third-order valence-electron chi connectivity index (χ3n) is 5.60. The first kappa shape index (κ1) is 23.9. The molecular formula is C21H38O3Si. The van der Waals surface area contributed by atoms with Crippen molar-refractivity contribution in [1.29, 1.82) is 0 Å². The first-order valence-corrected chi connectivity index (χ1v) is 11.9. The van der Waals surface area contributed by atoms with Crippen molar-refractivity contribution in [2.75, 3.05) is 0 Å². The van der Waals surface area contributed by atoms with Crippen LogP contribution in [-0.4, -0.2) is 25.0 Å². The van der Waals surface area contributed by atoms with E-state index in [1.807, 2.05) is 20.8 Å². The Bertz CT molecular complexity index is 524. The second kappa shape index (κ2) is 8.50. The van der Waals surface area contributed by atoms with Crippen molar-refractivity contribution in [3.8, 4) is 0 Å². The summed E-state index contributed by atoms with van der Waals surface area (Å²) in [6, 6.07) is 0. The lowest BCUT2D eigenvalue weighted by Gasteiger charge is -2.50. The zero-order valence-corrected chi connectivity index (χ0v) is 18.5. The van der Waals surface area contributed by atoms with Crippen LogP contribution in [0.3, 0.4) is 0 Å². The maximum Gasteiger partial charge on any atom is 0.336 e. The fraction of sp³-hybridized carbons (Fsp3) is 0.667. The summed E-state index contributed by atoms with van der Waals surface area (Å²) in [5, 5.41) is 10.2. The third kappa shape index (κ3) is 5.42. The van der Waals surface area contributed by atoms with Crippen molar-refractivity contribution in [2.24, 2.45) is 5.41 Å². The van der Waals surface area contributed by atoms with Crippen LogP contribution in [0.2, 0.25) is 18.1 Å². The van der Waals surface area contributed by atoms with Crippen molar-refractivity contribution in [1.82, 2.24) is 0 Å². The maximum absolute atomic E-state index is 12.5. The molecule has 1 N–H and O–H groups in total. The summed E-state index contributed by atoms with van der Waals surface area (Å²) in [4.78, 5) is 12.5. The van der Waals surface area contributed by atoms with Gasteiger partial charge in [-0.05, 0) is 44.8 Å². The highest BCUT2D eigenvalue weighted by atomic mass is 28.4. The van der Waals surface area contributed by atoms with Crippen molar-refractivity contribution >= 4 is 14.3 Å². The molecule has 0 saturated carbocycles. The third-order valence-corrected chi connectivity index (χ3v) is 10.1. The molecule has 0 aromatic heterocycles. The van der Waals surface area contributed by atoms with Crippen LogP contribution in [-0.2, 0) is 9.22 Å². The highest BCUT2D eigenvalue weighted by Crippen LogP contribution is 2.48. The molecule has 0 aliphatic carbocycles. The molecule has 0 aromatic carbocycles. The topological polar surface area (TPSA) is 46.5 Å². The summed E-state index contributed by atoms with van der Waals surface area (Å²) in [7, 11) is -2.32. The molecule has 0 saturated heterocycles. The van der Waals surface area contributed by atoms with Gasteiger partial charge in [0, 0.05) is 11.8 Å². The van der Waals surface area contributed by atoms with E-state index < -0.39 is 25.3 Å². The Hall–Kier alpha value is -1.13. The van der Waals surface area contributed by atoms with Crippen LogP contribution in [0.5, 0.6) is 0 Å². The second-order valence-electron chi connectivity index (χ2n) is 8.93. The molecule has 0 aromatic rings. The van der Waals surface area contributed by atoms with Gasteiger partial charge < -0.3 is 9.53 Å². The van der Waals surface area contributed by atoms with Gasteiger partial charge in [-0.15, -0.1) is 13.2 Å². The lowest BCUT2D eigenvalue weighted by atomic mass is 9.68. The molecule has 0 amide bonds. The van der Waals surface area contributed by atoms with Gasteiger partial charge in [0.25, 0.3) is 0 Å². The van der Waals surface area contributed by atoms with E-state index in [1.54, 1.807) is 12.2 Å². The predicted octanol–water partition coefficient (Wildman–Crippen LogP) is 6.35. The number of carbonyl (C=O) groups is 1. The molecule has 0 bridgehead atoms. The SMILES string of the molecule is C=CC[C@@](O[Si](C)(C)C(C)(C)C)(C(=O)O)[C@@](C)(C=C)CCC=C(C)C. The van der Waals surface area contributed by atoms with Gasteiger partial charge in [0.1, 0.15) is 0 Å². The molecule has 144 valence electrons. The molecular weight excluding hydrogens is 328 g/mol.